The Labute approximate surface area is 136 Å². The van der Waals surface area contributed by atoms with Crippen molar-refractivity contribution in [2.75, 3.05) is 17.2 Å². The van der Waals surface area contributed by atoms with Crippen LogP contribution in [0.25, 0.3) is 0 Å². The van der Waals surface area contributed by atoms with E-state index >= 15 is 0 Å². The van der Waals surface area contributed by atoms with Crippen LogP contribution in [0.15, 0.2) is 22.1 Å². The molecule has 5 nitrogen and oxygen atoms in total. The highest BCUT2D eigenvalue weighted by Gasteiger charge is 2.11. The Hall–Kier alpha value is -1.47. The van der Waals surface area contributed by atoms with Crippen molar-refractivity contribution in [2.45, 2.75) is 26.7 Å². The van der Waals surface area contributed by atoms with E-state index < -0.39 is 0 Å². The van der Waals surface area contributed by atoms with Gasteiger partial charge in [0.1, 0.15) is 5.82 Å². The molecule has 0 unspecified atom stereocenters. The van der Waals surface area contributed by atoms with Gasteiger partial charge in [-0.3, -0.25) is 10.1 Å². The van der Waals surface area contributed by atoms with Crippen LogP contribution >= 0.6 is 27.3 Å². The van der Waals surface area contributed by atoms with Crippen molar-refractivity contribution in [1.82, 2.24) is 9.97 Å². The van der Waals surface area contributed by atoms with Gasteiger partial charge in [-0.1, -0.05) is 25.2 Å². The average molecular weight is 369 g/mol. The fraction of sp³-hybridized carbons (Fsp3) is 0.357. The number of aromatic nitrogens is 2. The zero-order chi connectivity index (χ0) is 15.2. The number of rotatable bonds is 6. The third kappa shape index (κ3) is 4.50. The molecule has 0 atom stereocenters. The molecule has 2 rings (SSSR count). The average Bonchev–Trinajstić information content (AvgIpc) is 2.89. The Bertz CT molecular complexity index is 629. The summed E-state index contributed by atoms with van der Waals surface area (Å²) in [4.78, 5) is 20.9. The number of thiazole rings is 1. The number of halogens is 1. The van der Waals surface area contributed by atoms with Gasteiger partial charge in [-0.25, -0.2) is 9.97 Å². The normalized spacial score (nSPS) is 10.4. The van der Waals surface area contributed by atoms with Crippen LogP contribution < -0.4 is 10.6 Å². The first-order valence-corrected chi connectivity index (χ1v) is 8.40. The molecular weight excluding hydrogens is 352 g/mol. The molecule has 21 heavy (non-hydrogen) atoms. The molecule has 1 amide bonds. The molecule has 0 saturated heterocycles. The smallest absolute Gasteiger partial charge is 0.257 e. The Balaban J connectivity index is 2.18. The van der Waals surface area contributed by atoms with Crippen molar-refractivity contribution in [3.63, 3.8) is 0 Å². The summed E-state index contributed by atoms with van der Waals surface area (Å²) in [5.74, 6) is 0.565. The van der Waals surface area contributed by atoms with E-state index in [1.807, 2.05) is 13.0 Å². The molecule has 112 valence electrons. The van der Waals surface area contributed by atoms with Gasteiger partial charge in [0, 0.05) is 17.8 Å². The molecule has 0 fully saturated rings. The molecule has 0 aliphatic heterocycles. The van der Waals surface area contributed by atoms with Crippen LogP contribution in [-0.2, 0) is 6.42 Å². The van der Waals surface area contributed by atoms with Gasteiger partial charge >= 0.3 is 0 Å². The number of aryl methyl sites for hydroxylation is 1. The number of carbonyl (C=O) groups excluding carboxylic acids is 1. The lowest BCUT2D eigenvalue weighted by molar-refractivity contribution is 0.102. The molecule has 2 heterocycles. The summed E-state index contributed by atoms with van der Waals surface area (Å²) in [6, 6.07) is 3.59. The molecule has 0 saturated carbocycles. The largest absolute Gasteiger partial charge is 0.370 e. The standard InChI is InChI=1S/C14H17BrN4OS/c1-3-5-16-12-7-9(6-10(4-2)18-12)13(20)19-14-17-8-11(15)21-14/h6-8H,3-5H2,1-2H3,(H,16,18)(H,17,19,20). The Morgan fingerprint density at radius 1 is 1.38 bits per heavy atom. The van der Waals surface area contributed by atoms with E-state index in [1.54, 1.807) is 12.3 Å². The van der Waals surface area contributed by atoms with Crippen LogP contribution in [0.1, 0.15) is 36.3 Å². The number of amides is 1. The Morgan fingerprint density at radius 2 is 2.19 bits per heavy atom. The predicted octanol–water partition coefficient (Wildman–Crippen LogP) is 3.94. The maximum Gasteiger partial charge on any atom is 0.257 e. The van der Waals surface area contributed by atoms with Crippen molar-refractivity contribution in [3.8, 4) is 0 Å². The number of carbonyl (C=O) groups is 1. The molecule has 0 spiro atoms. The number of nitrogens with one attached hydrogen (secondary N) is 2. The zero-order valence-electron chi connectivity index (χ0n) is 11.9. The van der Waals surface area contributed by atoms with Crippen LogP contribution in [0.2, 0.25) is 0 Å². The first kappa shape index (κ1) is 15.9. The second-order valence-corrected chi connectivity index (χ2v) is 6.85. The van der Waals surface area contributed by atoms with Gasteiger partial charge in [-0.05, 0) is 40.9 Å². The van der Waals surface area contributed by atoms with Crippen molar-refractivity contribution in [2.24, 2.45) is 0 Å². The van der Waals surface area contributed by atoms with E-state index in [0.717, 1.165) is 34.7 Å². The van der Waals surface area contributed by atoms with E-state index in [2.05, 4.69) is 43.5 Å². The van der Waals surface area contributed by atoms with Crippen LogP contribution in [0.5, 0.6) is 0 Å². The van der Waals surface area contributed by atoms with Crippen LogP contribution in [0.4, 0.5) is 10.9 Å². The second-order valence-electron chi connectivity index (χ2n) is 4.44. The summed E-state index contributed by atoms with van der Waals surface area (Å²) < 4.78 is 0.882. The van der Waals surface area contributed by atoms with Crippen LogP contribution in [-0.4, -0.2) is 22.4 Å². The number of hydrogen-bond donors (Lipinski definition) is 2. The van der Waals surface area contributed by atoms with Gasteiger partial charge in [0.25, 0.3) is 5.91 Å². The lowest BCUT2D eigenvalue weighted by Gasteiger charge is -2.09. The summed E-state index contributed by atoms with van der Waals surface area (Å²) in [5.41, 5.74) is 1.48. The number of pyridine rings is 1. The second kappa shape index (κ2) is 7.51. The minimum Gasteiger partial charge on any atom is -0.370 e. The molecule has 0 bridgehead atoms. The first-order valence-electron chi connectivity index (χ1n) is 6.80. The van der Waals surface area contributed by atoms with Gasteiger partial charge in [-0.15, -0.1) is 0 Å². The summed E-state index contributed by atoms with van der Waals surface area (Å²) in [5, 5.41) is 6.59. The molecule has 2 N–H and O–H groups in total. The molecule has 0 aromatic carbocycles. The minimum atomic E-state index is -0.173. The van der Waals surface area contributed by atoms with Crippen LogP contribution in [0, 0.1) is 0 Å². The van der Waals surface area contributed by atoms with Gasteiger partial charge < -0.3 is 5.32 Å². The highest BCUT2D eigenvalue weighted by molar-refractivity contribution is 9.11. The fourth-order valence-electron chi connectivity index (χ4n) is 1.73. The van der Waals surface area contributed by atoms with Crippen molar-refractivity contribution in [1.29, 1.82) is 0 Å². The van der Waals surface area contributed by atoms with Gasteiger partial charge in [0.05, 0.1) is 9.98 Å². The summed E-state index contributed by atoms with van der Waals surface area (Å²) in [7, 11) is 0. The maximum atomic E-state index is 12.3. The van der Waals surface area contributed by atoms with Gasteiger partial charge in [0.15, 0.2) is 5.13 Å². The maximum absolute atomic E-state index is 12.3. The summed E-state index contributed by atoms with van der Waals surface area (Å²) in [6.07, 6.45) is 3.45. The zero-order valence-corrected chi connectivity index (χ0v) is 14.3. The number of nitrogens with zero attached hydrogens (tertiary/aromatic N) is 2. The molecular formula is C14H17BrN4OS. The van der Waals surface area contributed by atoms with Gasteiger partial charge in [-0.2, -0.15) is 0 Å². The minimum absolute atomic E-state index is 0.173. The molecule has 0 aliphatic carbocycles. The van der Waals surface area contributed by atoms with Crippen molar-refractivity contribution < 1.29 is 4.79 Å². The third-order valence-electron chi connectivity index (χ3n) is 2.76. The molecule has 0 aliphatic rings. The highest BCUT2D eigenvalue weighted by Crippen LogP contribution is 2.24. The van der Waals surface area contributed by atoms with E-state index in [4.69, 9.17) is 0 Å². The lowest BCUT2D eigenvalue weighted by Crippen LogP contribution is -2.14. The van der Waals surface area contributed by atoms with E-state index in [1.165, 1.54) is 11.3 Å². The quantitative estimate of drug-likeness (QED) is 0.810. The molecule has 2 aromatic rings. The molecule has 7 heteroatoms. The Morgan fingerprint density at radius 3 is 2.81 bits per heavy atom. The molecule has 2 aromatic heterocycles. The number of anilines is 2. The molecule has 0 radical (unpaired) electrons. The SMILES string of the molecule is CCCNc1cc(C(=O)Nc2ncc(Br)s2)cc(CC)n1. The lowest BCUT2D eigenvalue weighted by atomic mass is 10.2. The van der Waals surface area contributed by atoms with Crippen LogP contribution in [0.3, 0.4) is 0 Å². The number of hydrogen-bond acceptors (Lipinski definition) is 5. The van der Waals surface area contributed by atoms with Crippen molar-refractivity contribution in [3.05, 3.63) is 33.4 Å². The highest BCUT2D eigenvalue weighted by atomic mass is 79.9. The fourth-order valence-corrected chi connectivity index (χ4v) is 2.83. The first-order chi connectivity index (χ1) is 10.1. The van der Waals surface area contributed by atoms with Crippen molar-refractivity contribution >= 4 is 44.1 Å². The predicted molar refractivity (Wildman–Crippen MR) is 90.2 cm³/mol. The van der Waals surface area contributed by atoms with E-state index in [-0.39, 0.29) is 5.91 Å². The summed E-state index contributed by atoms with van der Waals surface area (Å²) >= 11 is 4.71. The Kier molecular flexibility index (Phi) is 5.69. The van der Waals surface area contributed by atoms with E-state index in [9.17, 15) is 4.79 Å². The van der Waals surface area contributed by atoms with Gasteiger partial charge in [0.2, 0.25) is 0 Å². The summed E-state index contributed by atoms with van der Waals surface area (Å²) in [6.45, 7) is 4.94. The third-order valence-corrected chi connectivity index (χ3v) is 4.15. The van der Waals surface area contributed by atoms with E-state index in [0.29, 0.717) is 10.7 Å². The monoisotopic (exact) mass is 368 g/mol. The topological polar surface area (TPSA) is 66.9 Å².